The van der Waals surface area contributed by atoms with Crippen LogP contribution in [0.25, 0.3) is 5.57 Å². The molecule has 10 heteroatoms. The number of aliphatic carboxylic acids is 1. The Kier molecular flexibility index (Phi) is 9.74. The second kappa shape index (κ2) is 10.7. The first kappa shape index (κ1) is 27.3. The molecule has 1 N–H and O–H groups in total. The topological polar surface area (TPSA) is 125 Å². The minimum Gasteiger partial charge on any atom is -0.548 e. The first-order valence-corrected chi connectivity index (χ1v) is 11.1. The molecular weight excluding hydrogens is 437 g/mol. The van der Waals surface area contributed by atoms with Crippen molar-refractivity contribution in [1.82, 2.24) is 0 Å². The molecule has 1 aliphatic rings. The molecule has 1 heterocycles. The number of rotatable bonds is 8. The summed E-state index contributed by atoms with van der Waals surface area (Å²) in [6, 6.07) is 4.79. The van der Waals surface area contributed by atoms with Crippen LogP contribution in [0, 0.1) is 0 Å². The van der Waals surface area contributed by atoms with E-state index in [1.807, 2.05) is 13.8 Å². The standard InChI is InChI=1S/C20H27NO7S.K/c1-6-20(4)16(13-7-9-14(10-8-13)29(5,25)26)17(27-12(2)3)18(28-20)21-15(11-22)19(23)24;/h7-10,12,15,22H,6,11H2,1-5H3,(H,23,24);/q;+1/p-1/t15-,20-;/m0./s1. The van der Waals surface area contributed by atoms with E-state index in [9.17, 15) is 23.4 Å². The fourth-order valence-corrected chi connectivity index (χ4v) is 3.58. The van der Waals surface area contributed by atoms with Gasteiger partial charge in [0, 0.05) is 6.26 Å². The molecule has 0 aliphatic carbocycles. The summed E-state index contributed by atoms with van der Waals surface area (Å²) in [5.41, 5.74) is 0.404. The average Bonchev–Trinajstić information content (AvgIpc) is 2.90. The van der Waals surface area contributed by atoms with Crippen molar-refractivity contribution in [3.63, 3.8) is 0 Å². The Bertz CT molecular complexity index is 938. The zero-order valence-electron chi connectivity index (χ0n) is 18.1. The van der Waals surface area contributed by atoms with Crippen LogP contribution < -0.4 is 56.5 Å². The third kappa shape index (κ3) is 6.15. The molecule has 2 rings (SSSR count). The number of hydrogen-bond donors (Lipinski definition) is 1. The van der Waals surface area contributed by atoms with Crippen molar-refractivity contribution in [2.24, 2.45) is 4.99 Å². The number of nitrogens with zero attached hydrogens (tertiary/aromatic N) is 1. The van der Waals surface area contributed by atoms with Gasteiger partial charge in [-0.05, 0) is 44.9 Å². The number of aliphatic imine (C=N–C) groups is 1. The van der Waals surface area contributed by atoms with E-state index in [2.05, 4.69) is 4.99 Å². The maximum Gasteiger partial charge on any atom is 1.00 e. The van der Waals surface area contributed by atoms with Crippen molar-refractivity contribution in [3.05, 3.63) is 35.6 Å². The zero-order chi connectivity index (χ0) is 22.0. The number of carbonyl (C=O) groups excluding carboxylic acids is 1. The number of aliphatic hydroxyl groups is 1. The monoisotopic (exact) mass is 463 g/mol. The fourth-order valence-electron chi connectivity index (χ4n) is 2.95. The molecule has 0 bridgehead atoms. The Hall–Kier alpha value is -0.754. The normalized spacial score (nSPS) is 21.4. The Morgan fingerprint density at radius 2 is 1.87 bits per heavy atom. The van der Waals surface area contributed by atoms with Gasteiger partial charge >= 0.3 is 51.4 Å². The van der Waals surface area contributed by atoms with E-state index in [0.717, 1.165) is 6.26 Å². The number of carboxylic acid groups (broad SMARTS) is 1. The quantitative estimate of drug-likeness (QED) is 0.440. The van der Waals surface area contributed by atoms with Crippen LogP contribution in [0.4, 0.5) is 0 Å². The second-order valence-corrected chi connectivity index (χ2v) is 9.32. The molecule has 0 radical (unpaired) electrons. The largest absolute Gasteiger partial charge is 1.00 e. The van der Waals surface area contributed by atoms with Crippen LogP contribution in [0.5, 0.6) is 0 Å². The Labute approximate surface area is 219 Å². The van der Waals surface area contributed by atoms with Crippen molar-refractivity contribution in [1.29, 1.82) is 0 Å². The molecule has 0 saturated heterocycles. The predicted molar refractivity (Wildman–Crippen MR) is 106 cm³/mol. The summed E-state index contributed by atoms with van der Waals surface area (Å²) in [5, 5.41) is 20.5. The zero-order valence-corrected chi connectivity index (χ0v) is 22.1. The van der Waals surface area contributed by atoms with Gasteiger partial charge in [-0.25, -0.2) is 13.4 Å². The number of sulfone groups is 1. The number of carbonyl (C=O) groups is 1. The molecule has 0 aromatic heterocycles. The van der Waals surface area contributed by atoms with Gasteiger partial charge < -0.3 is 24.5 Å². The molecule has 30 heavy (non-hydrogen) atoms. The van der Waals surface area contributed by atoms with Crippen molar-refractivity contribution < 1.29 is 84.3 Å². The number of ether oxygens (including phenoxy) is 2. The second-order valence-electron chi connectivity index (χ2n) is 7.31. The van der Waals surface area contributed by atoms with Crippen LogP contribution in [0.15, 0.2) is 39.9 Å². The Balaban J connectivity index is 0.00000450. The van der Waals surface area contributed by atoms with Crippen molar-refractivity contribution in [2.45, 2.75) is 56.8 Å². The van der Waals surface area contributed by atoms with Crippen LogP contribution in [-0.2, 0) is 24.1 Å². The molecule has 160 valence electrons. The summed E-state index contributed by atoms with van der Waals surface area (Å²) in [6.07, 6.45) is 1.37. The Morgan fingerprint density at radius 3 is 2.27 bits per heavy atom. The smallest absolute Gasteiger partial charge is 0.548 e. The van der Waals surface area contributed by atoms with E-state index in [0.29, 0.717) is 17.6 Å². The average molecular weight is 464 g/mol. The summed E-state index contributed by atoms with van der Waals surface area (Å²) in [4.78, 5) is 15.4. The fraction of sp³-hybridized carbons (Fsp3) is 0.500. The van der Waals surface area contributed by atoms with Gasteiger partial charge in [0.2, 0.25) is 0 Å². The third-order valence-corrected chi connectivity index (χ3v) is 5.72. The van der Waals surface area contributed by atoms with Gasteiger partial charge in [0.25, 0.3) is 5.90 Å². The molecule has 0 unspecified atom stereocenters. The SMILES string of the molecule is CC[C@]1(C)OC(=N[C@@H](CO)C(=O)[O-])C(OC(C)C)=C1c1ccc(S(C)(=O)=O)cc1.[K+]. The third-order valence-electron chi connectivity index (χ3n) is 4.59. The maximum atomic E-state index is 11.8. The number of aliphatic hydroxyl groups excluding tert-OH is 1. The van der Waals surface area contributed by atoms with Crippen LogP contribution in [0.3, 0.4) is 0 Å². The molecule has 1 aliphatic heterocycles. The molecular formula is C20H26KNO7S. The van der Waals surface area contributed by atoms with Gasteiger partial charge in [0.15, 0.2) is 15.6 Å². The molecule has 0 spiro atoms. The number of benzene rings is 1. The molecule has 0 amide bonds. The summed E-state index contributed by atoms with van der Waals surface area (Å²) >= 11 is 0. The molecule has 0 saturated carbocycles. The minimum absolute atomic E-state index is 0. The van der Waals surface area contributed by atoms with Crippen molar-refractivity contribution >= 4 is 27.3 Å². The maximum absolute atomic E-state index is 11.8. The van der Waals surface area contributed by atoms with Gasteiger partial charge in [-0.3, -0.25) is 0 Å². The molecule has 1 aromatic rings. The molecule has 0 fully saturated rings. The van der Waals surface area contributed by atoms with Gasteiger partial charge in [-0.2, -0.15) is 0 Å². The van der Waals surface area contributed by atoms with E-state index in [1.54, 1.807) is 26.0 Å². The van der Waals surface area contributed by atoms with Gasteiger partial charge in [0.05, 0.1) is 29.1 Å². The van der Waals surface area contributed by atoms with Crippen molar-refractivity contribution in [2.75, 3.05) is 12.9 Å². The molecule has 8 nitrogen and oxygen atoms in total. The van der Waals surface area contributed by atoms with Crippen LogP contribution in [-0.4, -0.2) is 56.0 Å². The summed E-state index contributed by atoms with van der Waals surface area (Å²) in [7, 11) is -3.35. The molecule has 1 aromatic carbocycles. The van der Waals surface area contributed by atoms with Crippen LogP contribution >= 0.6 is 0 Å². The Morgan fingerprint density at radius 1 is 1.30 bits per heavy atom. The van der Waals surface area contributed by atoms with Crippen LogP contribution in [0.2, 0.25) is 0 Å². The van der Waals surface area contributed by atoms with Gasteiger partial charge in [-0.15, -0.1) is 0 Å². The van der Waals surface area contributed by atoms with E-state index >= 15 is 0 Å². The predicted octanol–water partition coefficient (Wildman–Crippen LogP) is -2.06. The first-order chi connectivity index (χ1) is 13.4. The summed E-state index contributed by atoms with van der Waals surface area (Å²) in [5.74, 6) is -1.30. The molecule has 2 atom stereocenters. The van der Waals surface area contributed by atoms with E-state index in [4.69, 9.17) is 9.47 Å². The van der Waals surface area contributed by atoms with E-state index < -0.39 is 34.1 Å². The van der Waals surface area contributed by atoms with E-state index in [1.165, 1.54) is 12.1 Å². The first-order valence-electron chi connectivity index (χ1n) is 9.23. The van der Waals surface area contributed by atoms with Crippen molar-refractivity contribution in [3.8, 4) is 0 Å². The minimum atomic E-state index is -3.35. The van der Waals surface area contributed by atoms with Crippen LogP contribution in [0.1, 0.15) is 39.7 Å². The van der Waals surface area contributed by atoms with Gasteiger partial charge in [0.1, 0.15) is 11.6 Å². The van der Waals surface area contributed by atoms with E-state index in [-0.39, 0.29) is 74.0 Å². The van der Waals surface area contributed by atoms with Gasteiger partial charge in [-0.1, -0.05) is 19.1 Å². The summed E-state index contributed by atoms with van der Waals surface area (Å²) in [6.45, 7) is 6.57. The number of hydrogen-bond acceptors (Lipinski definition) is 8. The number of carboxylic acids is 1. The summed E-state index contributed by atoms with van der Waals surface area (Å²) < 4.78 is 35.4.